The van der Waals surface area contributed by atoms with Crippen LogP contribution in [-0.4, -0.2) is 50.2 Å². The van der Waals surface area contributed by atoms with Crippen LogP contribution >= 0.6 is 0 Å². The van der Waals surface area contributed by atoms with Crippen molar-refractivity contribution in [2.24, 2.45) is 0 Å². The van der Waals surface area contributed by atoms with Crippen LogP contribution in [-0.2, 0) is 0 Å². The third kappa shape index (κ3) is 3.32. The van der Waals surface area contributed by atoms with E-state index in [0.717, 1.165) is 24.4 Å². The topological polar surface area (TPSA) is 99.7 Å². The van der Waals surface area contributed by atoms with Crippen LogP contribution in [0.4, 0.5) is 5.95 Å². The number of aromatic nitrogens is 5. The lowest BCUT2D eigenvalue weighted by atomic mass is 10.2. The van der Waals surface area contributed by atoms with Crippen LogP contribution in [0.5, 0.6) is 0 Å². The van der Waals surface area contributed by atoms with E-state index in [-0.39, 0.29) is 11.9 Å². The van der Waals surface area contributed by atoms with Crippen molar-refractivity contribution in [3.05, 3.63) is 54.6 Å². The van der Waals surface area contributed by atoms with Crippen LogP contribution in [0, 0.1) is 0 Å². The second-order valence-corrected chi connectivity index (χ2v) is 5.86. The highest BCUT2D eigenvalue weighted by atomic mass is 16.1. The molecule has 0 aliphatic carbocycles. The van der Waals surface area contributed by atoms with Gasteiger partial charge in [-0.1, -0.05) is 0 Å². The molecule has 4 rings (SSSR count). The van der Waals surface area contributed by atoms with Crippen LogP contribution in [0.1, 0.15) is 16.8 Å². The molecular formula is C17H17N7O. The summed E-state index contributed by atoms with van der Waals surface area (Å²) >= 11 is 0. The zero-order valence-electron chi connectivity index (χ0n) is 13.5. The molecule has 1 unspecified atom stereocenters. The van der Waals surface area contributed by atoms with E-state index >= 15 is 0 Å². The van der Waals surface area contributed by atoms with E-state index in [1.807, 2.05) is 24.4 Å². The minimum atomic E-state index is -0.136. The van der Waals surface area contributed by atoms with Crippen molar-refractivity contribution in [3.63, 3.8) is 0 Å². The molecular weight excluding hydrogens is 318 g/mol. The highest BCUT2D eigenvalue weighted by Crippen LogP contribution is 2.20. The predicted octanol–water partition coefficient (Wildman–Crippen LogP) is 1.27. The van der Waals surface area contributed by atoms with Gasteiger partial charge in [-0.15, -0.1) is 0 Å². The van der Waals surface area contributed by atoms with E-state index in [2.05, 4.69) is 35.4 Å². The van der Waals surface area contributed by atoms with Crippen molar-refractivity contribution in [1.29, 1.82) is 0 Å². The molecule has 1 aliphatic heterocycles. The van der Waals surface area contributed by atoms with Crippen LogP contribution < -0.4 is 10.2 Å². The number of anilines is 1. The molecule has 0 bridgehead atoms. The van der Waals surface area contributed by atoms with Crippen molar-refractivity contribution in [3.8, 4) is 11.4 Å². The summed E-state index contributed by atoms with van der Waals surface area (Å²) in [6.45, 7) is 1.48. The average Bonchev–Trinajstić information content (AvgIpc) is 3.35. The number of nitrogens with zero attached hydrogens (tertiary/aromatic N) is 5. The number of nitrogens with one attached hydrogen (secondary N) is 2. The summed E-state index contributed by atoms with van der Waals surface area (Å²) in [5, 5.41) is 10.4. The zero-order chi connectivity index (χ0) is 17.1. The molecule has 0 spiro atoms. The number of hydrogen-bond acceptors (Lipinski definition) is 6. The molecule has 1 atom stereocenters. The van der Waals surface area contributed by atoms with Crippen LogP contribution in [0.3, 0.4) is 0 Å². The van der Waals surface area contributed by atoms with Crippen LogP contribution in [0.15, 0.2) is 49.1 Å². The molecule has 1 aliphatic rings. The second kappa shape index (κ2) is 6.68. The summed E-state index contributed by atoms with van der Waals surface area (Å²) in [7, 11) is 0. The van der Waals surface area contributed by atoms with Crippen molar-refractivity contribution < 1.29 is 4.79 Å². The van der Waals surface area contributed by atoms with E-state index in [0.29, 0.717) is 18.1 Å². The molecule has 1 amide bonds. The first-order chi connectivity index (χ1) is 12.3. The zero-order valence-corrected chi connectivity index (χ0v) is 13.5. The maximum Gasteiger partial charge on any atom is 0.253 e. The first-order valence-electron chi connectivity index (χ1n) is 8.09. The first-order valence-corrected chi connectivity index (χ1v) is 8.09. The smallest absolute Gasteiger partial charge is 0.253 e. The minimum Gasteiger partial charge on any atom is -0.360 e. The Morgan fingerprint density at radius 1 is 1.24 bits per heavy atom. The molecule has 0 radical (unpaired) electrons. The Labute approximate surface area is 144 Å². The third-order valence-corrected chi connectivity index (χ3v) is 4.17. The standard InChI is InChI=1S/C17H17N7O/c25-16(12-3-8-20-21-10-12)22-13-5-9-24(11-13)17-19-7-4-15(23-17)14-2-1-6-18-14/h1-4,6-8,10,13,18H,5,9,11H2,(H,22,25). The fourth-order valence-electron chi connectivity index (χ4n) is 2.89. The number of aromatic amines is 1. The summed E-state index contributed by atoms with van der Waals surface area (Å²) in [5.41, 5.74) is 2.32. The average molecular weight is 335 g/mol. The van der Waals surface area contributed by atoms with Crippen LogP contribution in [0.2, 0.25) is 0 Å². The van der Waals surface area contributed by atoms with Gasteiger partial charge in [-0.3, -0.25) is 4.79 Å². The van der Waals surface area contributed by atoms with Gasteiger partial charge in [0.25, 0.3) is 5.91 Å². The van der Waals surface area contributed by atoms with E-state index in [4.69, 9.17) is 0 Å². The number of carbonyl (C=O) groups excluding carboxylic acids is 1. The Hall–Kier alpha value is -3.29. The van der Waals surface area contributed by atoms with Gasteiger partial charge in [-0.25, -0.2) is 9.97 Å². The number of amides is 1. The van der Waals surface area contributed by atoms with Gasteiger partial charge in [0.1, 0.15) is 0 Å². The fourth-order valence-corrected chi connectivity index (χ4v) is 2.89. The van der Waals surface area contributed by atoms with Crippen molar-refractivity contribution in [1.82, 2.24) is 30.5 Å². The number of H-pyrrole nitrogens is 1. The maximum atomic E-state index is 12.2. The summed E-state index contributed by atoms with van der Waals surface area (Å²) < 4.78 is 0. The quantitative estimate of drug-likeness (QED) is 0.745. The van der Waals surface area contributed by atoms with Gasteiger partial charge in [0.05, 0.1) is 29.3 Å². The monoisotopic (exact) mass is 335 g/mol. The minimum absolute atomic E-state index is 0.0541. The largest absolute Gasteiger partial charge is 0.360 e. The Balaban J connectivity index is 1.43. The summed E-state index contributed by atoms with van der Waals surface area (Å²) in [6.07, 6.45) is 7.45. The molecule has 1 saturated heterocycles. The Kier molecular flexibility index (Phi) is 4.07. The molecule has 8 heteroatoms. The maximum absolute atomic E-state index is 12.2. The van der Waals surface area contributed by atoms with Gasteiger partial charge < -0.3 is 15.2 Å². The van der Waals surface area contributed by atoms with E-state index < -0.39 is 0 Å². The van der Waals surface area contributed by atoms with Gasteiger partial charge in [0, 0.05) is 31.5 Å². The van der Waals surface area contributed by atoms with E-state index in [9.17, 15) is 4.79 Å². The molecule has 4 heterocycles. The number of rotatable bonds is 4. The molecule has 0 aromatic carbocycles. The molecule has 126 valence electrons. The molecule has 3 aromatic heterocycles. The predicted molar refractivity (Wildman–Crippen MR) is 91.9 cm³/mol. The highest BCUT2D eigenvalue weighted by molar-refractivity contribution is 5.94. The lowest BCUT2D eigenvalue weighted by Crippen LogP contribution is -2.37. The lowest BCUT2D eigenvalue weighted by molar-refractivity contribution is 0.0940. The Bertz CT molecular complexity index is 850. The fraction of sp³-hybridized carbons (Fsp3) is 0.235. The molecule has 3 aromatic rings. The summed E-state index contributed by atoms with van der Waals surface area (Å²) in [6, 6.07) is 7.49. The van der Waals surface area contributed by atoms with Gasteiger partial charge in [0.2, 0.25) is 5.95 Å². The molecule has 2 N–H and O–H groups in total. The van der Waals surface area contributed by atoms with Gasteiger partial charge >= 0.3 is 0 Å². The molecule has 25 heavy (non-hydrogen) atoms. The van der Waals surface area contributed by atoms with Gasteiger partial charge in [0.15, 0.2) is 0 Å². The second-order valence-electron chi connectivity index (χ2n) is 5.86. The van der Waals surface area contributed by atoms with Crippen LogP contribution in [0.25, 0.3) is 11.4 Å². The Morgan fingerprint density at radius 2 is 2.20 bits per heavy atom. The summed E-state index contributed by atoms with van der Waals surface area (Å²) in [4.78, 5) is 26.4. The number of carbonyl (C=O) groups is 1. The normalized spacial score (nSPS) is 16.8. The first kappa shape index (κ1) is 15.3. The highest BCUT2D eigenvalue weighted by Gasteiger charge is 2.26. The van der Waals surface area contributed by atoms with Gasteiger partial charge in [-0.2, -0.15) is 10.2 Å². The molecule has 1 fully saturated rings. The van der Waals surface area contributed by atoms with Crippen molar-refractivity contribution in [2.75, 3.05) is 18.0 Å². The molecule has 8 nitrogen and oxygen atoms in total. The van der Waals surface area contributed by atoms with Crippen molar-refractivity contribution >= 4 is 11.9 Å². The lowest BCUT2D eigenvalue weighted by Gasteiger charge is -2.17. The van der Waals surface area contributed by atoms with E-state index in [1.165, 1.54) is 12.4 Å². The Morgan fingerprint density at radius 3 is 3.00 bits per heavy atom. The summed E-state index contributed by atoms with van der Waals surface area (Å²) in [5.74, 6) is 0.539. The molecule has 0 saturated carbocycles. The van der Waals surface area contributed by atoms with Gasteiger partial charge in [-0.05, 0) is 30.7 Å². The van der Waals surface area contributed by atoms with E-state index in [1.54, 1.807) is 12.3 Å². The third-order valence-electron chi connectivity index (χ3n) is 4.17. The van der Waals surface area contributed by atoms with Crippen molar-refractivity contribution in [2.45, 2.75) is 12.5 Å². The SMILES string of the molecule is O=C(NC1CCN(c2nccc(-c3ccc[nH]3)n2)C1)c1ccnnc1. The number of hydrogen-bond donors (Lipinski definition) is 2.